The molecular formula is C14H16N2O2. The lowest BCUT2D eigenvalue weighted by molar-refractivity contribution is 0.0601. The van der Waals surface area contributed by atoms with Gasteiger partial charge in [-0.2, -0.15) is 0 Å². The minimum atomic E-state index is -0.331. The van der Waals surface area contributed by atoms with Gasteiger partial charge in [-0.1, -0.05) is 0 Å². The van der Waals surface area contributed by atoms with E-state index in [9.17, 15) is 4.79 Å². The van der Waals surface area contributed by atoms with Gasteiger partial charge in [-0.25, -0.2) is 4.79 Å². The Hall–Kier alpha value is -2.10. The van der Waals surface area contributed by atoms with Crippen LogP contribution in [0, 0.1) is 6.92 Å². The molecular weight excluding hydrogens is 228 g/mol. The first-order valence-corrected chi connectivity index (χ1v) is 5.70. The van der Waals surface area contributed by atoms with Crippen LogP contribution in [0.25, 0.3) is 10.9 Å². The van der Waals surface area contributed by atoms with Crippen LogP contribution in [0.5, 0.6) is 0 Å². The first-order chi connectivity index (χ1) is 8.52. The molecule has 2 aromatic rings. The molecule has 0 aliphatic rings. The molecule has 0 aliphatic heterocycles. The van der Waals surface area contributed by atoms with E-state index in [2.05, 4.69) is 4.98 Å². The van der Waals surface area contributed by atoms with Crippen LogP contribution in [-0.2, 0) is 4.74 Å². The van der Waals surface area contributed by atoms with Gasteiger partial charge in [-0.05, 0) is 31.2 Å². The van der Waals surface area contributed by atoms with Crippen LogP contribution in [0.15, 0.2) is 24.3 Å². The third kappa shape index (κ3) is 2.14. The summed E-state index contributed by atoms with van der Waals surface area (Å²) in [4.78, 5) is 18.0. The number of rotatable bonds is 2. The predicted molar refractivity (Wildman–Crippen MR) is 72.1 cm³/mol. The molecule has 18 heavy (non-hydrogen) atoms. The van der Waals surface area contributed by atoms with Crippen molar-refractivity contribution in [3.05, 3.63) is 35.5 Å². The standard InChI is InChI=1S/C14H16N2O2/c1-9-7-13(16(2)3)11-8-10(14(17)18-4)5-6-12(11)15-9/h5-8H,1-4H3. The number of benzene rings is 1. The summed E-state index contributed by atoms with van der Waals surface area (Å²) >= 11 is 0. The Morgan fingerprint density at radius 3 is 2.61 bits per heavy atom. The Bertz CT molecular complexity index is 606. The molecule has 0 saturated heterocycles. The number of aryl methyl sites for hydroxylation is 1. The molecule has 0 radical (unpaired) electrons. The van der Waals surface area contributed by atoms with E-state index >= 15 is 0 Å². The number of ether oxygens (including phenoxy) is 1. The van der Waals surface area contributed by atoms with Crippen LogP contribution in [0.4, 0.5) is 5.69 Å². The van der Waals surface area contributed by atoms with Gasteiger partial charge in [0, 0.05) is 30.9 Å². The van der Waals surface area contributed by atoms with E-state index in [0.29, 0.717) is 5.56 Å². The van der Waals surface area contributed by atoms with Gasteiger partial charge in [0.1, 0.15) is 0 Å². The quantitative estimate of drug-likeness (QED) is 0.761. The minimum absolute atomic E-state index is 0.331. The lowest BCUT2D eigenvalue weighted by atomic mass is 10.1. The van der Waals surface area contributed by atoms with Crippen LogP contribution in [0.2, 0.25) is 0 Å². The molecule has 0 saturated carbocycles. The van der Waals surface area contributed by atoms with E-state index < -0.39 is 0 Å². The van der Waals surface area contributed by atoms with Gasteiger partial charge in [0.15, 0.2) is 0 Å². The number of carbonyl (C=O) groups is 1. The zero-order chi connectivity index (χ0) is 13.3. The molecule has 1 aromatic heterocycles. The van der Waals surface area contributed by atoms with Crippen molar-refractivity contribution in [2.24, 2.45) is 0 Å². The summed E-state index contributed by atoms with van der Waals surface area (Å²) in [6.07, 6.45) is 0. The van der Waals surface area contributed by atoms with Crippen molar-refractivity contribution in [1.29, 1.82) is 0 Å². The maximum absolute atomic E-state index is 11.5. The second-order valence-electron chi connectivity index (χ2n) is 4.40. The maximum atomic E-state index is 11.5. The average molecular weight is 244 g/mol. The molecule has 0 aliphatic carbocycles. The SMILES string of the molecule is COC(=O)c1ccc2nc(C)cc(N(C)C)c2c1. The number of esters is 1. The molecule has 0 bridgehead atoms. The molecule has 1 heterocycles. The van der Waals surface area contributed by atoms with Crippen molar-refractivity contribution >= 4 is 22.6 Å². The normalized spacial score (nSPS) is 10.4. The van der Waals surface area contributed by atoms with Gasteiger partial charge in [-0.15, -0.1) is 0 Å². The van der Waals surface area contributed by atoms with Gasteiger partial charge < -0.3 is 9.64 Å². The highest BCUT2D eigenvalue weighted by Crippen LogP contribution is 2.26. The number of nitrogens with zero attached hydrogens (tertiary/aromatic N) is 2. The number of hydrogen-bond acceptors (Lipinski definition) is 4. The molecule has 0 amide bonds. The molecule has 0 spiro atoms. The van der Waals surface area contributed by atoms with Crippen LogP contribution >= 0.6 is 0 Å². The predicted octanol–water partition coefficient (Wildman–Crippen LogP) is 2.40. The molecule has 1 aromatic carbocycles. The van der Waals surface area contributed by atoms with Crippen molar-refractivity contribution in [1.82, 2.24) is 4.98 Å². The number of hydrogen-bond donors (Lipinski definition) is 0. The fourth-order valence-corrected chi connectivity index (χ4v) is 1.95. The van der Waals surface area contributed by atoms with Crippen molar-refractivity contribution < 1.29 is 9.53 Å². The maximum Gasteiger partial charge on any atom is 0.337 e. The number of pyridine rings is 1. The van der Waals surface area contributed by atoms with E-state index in [4.69, 9.17) is 4.74 Å². The van der Waals surface area contributed by atoms with Crippen molar-refractivity contribution in [2.45, 2.75) is 6.92 Å². The van der Waals surface area contributed by atoms with Crippen molar-refractivity contribution in [3.63, 3.8) is 0 Å². The van der Waals surface area contributed by atoms with E-state index in [1.165, 1.54) is 7.11 Å². The van der Waals surface area contributed by atoms with E-state index in [-0.39, 0.29) is 5.97 Å². The Kier molecular flexibility index (Phi) is 3.19. The second-order valence-corrected chi connectivity index (χ2v) is 4.40. The first-order valence-electron chi connectivity index (χ1n) is 5.70. The summed E-state index contributed by atoms with van der Waals surface area (Å²) < 4.78 is 4.74. The summed E-state index contributed by atoms with van der Waals surface area (Å²) in [5, 5.41) is 0.952. The summed E-state index contributed by atoms with van der Waals surface area (Å²) in [6, 6.07) is 7.41. The Morgan fingerprint density at radius 1 is 1.28 bits per heavy atom. The van der Waals surface area contributed by atoms with Crippen molar-refractivity contribution in [2.75, 3.05) is 26.1 Å². The van der Waals surface area contributed by atoms with Gasteiger partial charge in [0.2, 0.25) is 0 Å². The molecule has 0 atom stereocenters. The van der Waals surface area contributed by atoms with Crippen LogP contribution in [0.1, 0.15) is 16.1 Å². The lowest BCUT2D eigenvalue weighted by Crippen LogP contribution is -2.10. The highest BCUT2D eigenvalue weighted by atomic mass is 16.5. The van der Waals surface area contributed by atoms with Crippen LogP contribution < -0.4 is 4.90 Å². The summed E-state index contributed by atoms with van der Waals surface area (Å²) in [5.41, 5.74) is 3.42. The molecule has 4 heteroatoms. The highest BCUT2D eigenvalue weighted by Gasteiger charge is 2.10. The smallest absolute Gasteiger partial charge is 0.337 e. The number of aromatic nitrogens is 1. The minimum Gasteiger partial charge on any atom is -0.465 e. The zero-order valence-corrected chi connectivity index (χ0v) is 11.0. The summed E-state index contributed by atoms with van der Waals surface area (Å²) in [7, 11) is 5.32. The number of carbonyl (C=O) groups excluding carboxylic acids is 1. The first kappa shape index (κ1) is 12.4. The average Bonchev–Trinajstić information content (AvgIpc) is 2.36. The molecule has 4 nitrogen and oxygen atoms in total. The van der Waals surface area contributed by atoms with Crippen molar-refractivity contribution in [3.8, 4) is 0 Å². The number of fused-ring (bicyclic) bond motifs is 1. The second kappa shape index (κ2) is 4.64. The van der Waals surface area contributed by atoms with Gasteiger partial charge in [0.25, 0.3) is 0 Å². The van der Waals surface area contributed by atoms with E-state index in [1.807, 2.05) is 44.1 Å². The highest BCUT2D eigenvalue weighted by molar-refractivity contribution is 5.99. The van der Waals surface area contributed by atoms with E-state index in [1.54, 1.807) is 6.07 Å². The number of methoxy groups -OCH3 is 1. The monoisotopic (exact) mass is 244 g/mol. The van der Waals surface area contributed by atoms with Gasteiger partial charge in [0.05, 0.1) is 18.2 Å². The molecule has 0 unspecified atom stereocenters. The third-order valence-electron chi connectivity index (χ3n) is 2.82. The fourth-order valence-electron chi connectivity index (χ4n) is 1.95. The largest absolute Gasteiger partial charge is 0.465 e. The third-order valence-corrected chi connectivity index (χ3v) is 2.82. The molecule has 2 rings (SSSR count). The summed E-state index contributed by atoms with van der Waals surface area (Å²) in [5.74, 6) is -0.331. The molecule has 0 N–H and O–H groups in total. The Balaban J connectivity index is 2.70. The summed E-state index contributed by atoms with van der Waals surface area (Å²) in [6.45, 7) is 1.96. The number of anilines is 1. The Labute approximate surface area is 106 Å². The zero-order valence-electron chi connectivity index (χ0n) is 11.0. The van der Waals surface area contributed by atoms with Gasteiger partial charge >= 0.3 is 5.97 Å². The Morgan fingerprint density at radius 2 is 2.00 bits per heavy atom. The molecule has 0 fully saturated rings. The lowest BCUT2D eigenvalue weighted by Gasteiger charge is -2.16. The fraction of sp³-hybridized carbons (Fsp3) is 0.286. The van der Waals surface area contributed by atoms with Crippen LogP contribution in [-0.4, -0.2) is 32.2 Å². The molecule has 94 valence electrons. The van der Waals surface area contributed by atoms with Gasteiger partial charge in [-0.3, -0.25) is 4.98 Å². The van der Waals surface area contributed by atoms with E-state index in [0.717, 1.165) is 22.3 Å². The topological polar surface area (TPSA) is 42.4 Å². The van der Waals surface area contributed by atoms with Crippen LogP contribution in [0.3, 0.4) is 0 Å².